The summed E-state index contributed by atoms with van der Waals surface area (Å²) in [6.45, 7) is 3.99. The zero-order chi connectivity index (χ0) is 10.7. The van der Waals surface area contributed by atoms with E-state index >= 15 is 0 Å². The van der Waals surface area contributed by atoms with E-state index in [0.29, 0.717) is 0 Å². The number of hydrogen-bond acceptors (Lipinski definition) is 3. The molecule has 0 spiro atoms. The van der Waals surface area contributed by atoms with Crippen LogP contribution in [0.1, 0.15) is 18.9 Å². The Kier molecular flexibility index (Phi) is 3.11. The summed E-state index contributed by atoms with van der Waals surface area (Å²) in [7, 11) is 0. The lowest BCUT2D eigenvalue weighted by Gasteiger charge is -2.21. The van der Waals surface area contributed by atoms with E-state index < -0.39 is 0 Å². The number of likely N-dealkylation sites (tertiary alicyclic amines) is 1. The Morgan fingerprint density at radius 3 is 2.73 bits per heavy atom. The highest BCUT2D eigenvalue weighted by molar-refractivity contribution is 5.15. The second-order valence-electron chi connectivity index (χ2n) is 4.16. The summed E-state index contributed by atoms with van der Waals surface area (Å²) in [6, 6.07) is 10.6. The average molecular weight is 204 g/mol. The molecule has 0 aliphatic carbocycles. The van der Waals surface area contributed by atoms with Crippen molar-refractivity contribution in [3.8, 4) is 0 Å². The molecule has 1 heterocycles. The van der Waals surface area contributed by atoms with Crippen LogP contribution in [0.25, 0.3) is 0 Å². The lowest BCUT2D eigenvalue weighted by Crippen LogP contribution is -2.30. The van der Waals surface area contributed by atoms with Crippen LogP contribution in [0.2, 0.25) is 0 Å². The first-order chi connectivity index (χ1) is 7.31. The third kappa shape index (κ3) is 2.23. The quantitative estimate of drug-likeness (QED) is 0.708. The number of rotatable bonds is 3. The Bertz CT molecular complexity index is 326. The summed E-state index contributed by atoms with van der Waals surface area (Å²) in [5.41, 5.74) is 1.30. The van der Waals surface area contributed by atoms with Crippen LogP contribution in [-0.2, 0) is 6.54 Å². The molecule has 0 aromatic heterocycles. The van der Waals surface area contributed by atoms with Gasteiger partial charge in [0.2, 0.25) is 0 Å². The fourth-order valence-electron chi connectivity index (χ4n) is 2.17. The number of hydrogen-bond donors (Lipinski definition) is 0. The van der Waals surface area contributed by atoms with E-state index in [2.05, 4.69) is 29.1 Å². The maximum Gasteiger partial charge on any atom is 0.108 e. The third-order valence-corrected chi connectivity index (χ3v) is 3.21. The molecule has 1 fully saturated rings. The van der Waals surface area contributed by atoms with Crippen LogP contribution < -0.4 is 0 Å². The molecule has 0 bridgehead atoms. The van der Waals surface area contributed by atoms with Gasteiger partial charge in [0.25, 0.3) is 0 Å². The van der Waals surface area contributed by atoms with Gasteiger partial charge in [-0.25, -0.2) is 0 Å². The van der Waals surface area contributed by atoms with Crippen molar-refractivity contribution >= 4 is 0 Å². The summed E-state index contributed by atoms with van der Waals surface area (Å²) in [5, 5.41) is 3.17. The van der Waals surface area contributed by atoms with Crippen molar-refractivity contribution in [2.45, 2.75) is 32.0 Å². The molecule has 0 amide bonds. The molecule has 15 heavy (non-hydrogen) atoms. The SMILES string of the molecule is CC1C(N=O)CCN1Cc1ccccc1. The summed E-state index contributed by atoms with van der Waals surface area (Å²) in [4.78, 5) is 12.9. The van der Waals surface area contributed by atoms with E-state index in [4.69, 9.17) is 0 Å². The topological polar surface area (TPSA) is 32.7 Å². The Hall–Kier alpha value is -1.22. The smallest absolute Gasteiger partial charge is 0.108 e. The molecule has 1 aromatic carbocycles. The Morgan fingerprint density at radius 1 is 1.40 bits per heavy atom. The number of benzene rings is 1. The van der Waals surface area contributed by atoms with Crippen LogP contribution >= 0.6 is 0 Å². The fourth-order valence-corrected chi connectivity index (χ4v) is 2.17. The van der Waals surface area contributed by atoms with Gasteiger partial charge in [0, 0.05) is 19.1 Å². The maximum absolute atomic E-state index is 10.5. The lowest BCUT2D eigenvalue weighted by molar-refractivity contribution is 0.252. The first kappa shape index (κ1) is 10.3. The Morgan fingerprint density at radius 2 is 2.13 bits per heavy atom. The first-order valence-corrected chi connectivity index (χ1v) is 5.41. The maximum atomic E-state index is 10.5. The van der Waals surface area contributed by atoms with Crippen LogP contribution in [0.4, 0.5) is 0 Å². The van der Waals surface area contributed by atoms with Crippen molar-refractivity contribution in [1.29, 1.82) is 0 Å². The largest absolute Gasteiger partial charge is 0.294 e. The zero-order valence-corrected chi connectivity index (χ0v) is 8.97. The summed E-state index contributed by atoms with van der Waals surface area (Å²) in [5.74, 6) is 0. The van der Waals surface area contributed by atoms with E-state index in [0.717, 1.165) is 19.5 Å². The van der Waals surface area contributed by atoms with Crippen LogP contribution in [-0.4, -0.2) is 23.5 Å². The van der Waals surface area contributed by atoms with Gasteiger partial charge in [-0.2, -0.15) is 4.91 Å². The first-order valence-electron chi connectivity index (χ1n) is 5.41. The van der Waals surface area contributed by atoms with Crippen molar-refractivity contribution in [2.24, 2.45) is 5.18 Å². The molecule has 2 unspecified atom stereocenters. The molecule has 2 rings (SSSR count). The van der Waals surface area contributed by atoms with Crippen LogP contribution in [0, 0.1) is 4.91 Å². The van der Waals surface area contributed by atoms with Gasteiger partial charge in [0.05, 0.1) is 0 Å². The lowest BCUT2D eigenvalue weighted by atomic mass is 10.1. The van der Waals surface area contributed by atoms with Gasteiger partial charge in [-0.05, 0) is 18.9 Å². The Labute approximate surface area is 90.1 Å². The van der Waals surface area contributed by atoms with Crippen molar-refractivity contribution in [3.63, 3.8) is 0 Å². The van der Waals surface area contributed by atoms with Crippen molar-refractivity contribution in [2.75, 3.05) is 6.54 Å². The van der Waals surface area contributed by atoms with Crippen molar-refractivity contribution in [3.05, 3.63) is 40.8 Å². The second kappa shape index (κ2) is 4.53. The minimum absolute atomic E-state index is 0.0197. The molecule has 2 atom stereocenters. The number of nitrogens with zero attached hydrogens (tertiary/aromatic N) is 2. The molecular weight excluding hydrogens is 188 g/mol. The van der Waals surface area contributed by atoms with Crippen LogP contribution in [0.5, 0.6) is 0 Å². The molecule has 1 aromatic rings. The molecule has 0 saturated carbocycles. The zero-order valence-electron chi connectivity index (χ0n) is 8.97. The van der Waals surface area contributed by atoms with E-state index in [1.165, 1.54) is 5.56 Å². The van der Waals surface area contributed by atoms with Crippen LogP contribution in [0.15, 0.2) is 35.5 Å². The molecular formula is C12H16N2O. The van der Waals surface area contributed by atoms with Gasteiger partial charge in [-0.3, -0.25) is 4.90 Å². The summed E-state index contributed by atoms with van der Waals surface area (Å²) < 4.78 is 0. The normalized spacial score (nSPS) is 26.7. The number of nitroso groups, excluding NO2 is 1. The highest BCUT2D eigenvalue weighted by Gasteiger charge is 2.31. The minimum atomic E-state index is -0.0197. The molecule has 80 valence electrons. The molecule has 3 heteroatoms. The van der Waals surface area contributed by atoms with Gasteiger partial charge in [-0.15, -0.1) is 0 Å². The molecule has 0 radical (unpaired) electrons. The van der Waals surface area contributed by atoms with E-state index in [-0.39, 0.29) is 12.1 Å². The average Bonchev–Trinajstić information content (AvgIpc) is 2.62. The van der Waals surface area contributed by atoms with E-state index in [1.807, 2.05) is 18.2 Å². The molecule has 1 aliphatic heterocycles. The van der Waals surface area contributed by atoms with Crippen molar-refractivity contribution < 1.29 is 0 Å². The monoisotopic (exact) mass is 204 g/mol. The molecule has 1 saturated heterocycles. The predicted octanol–water partition coefficient (Wildman–Crippen LogP) is 2.42. The van der Waals surface area contributed by atoms with Gasteiger partial charge < -0.3 is 0 Å². The highest BCUT2D eigenvalue weighted by Crippen LogP contribution is 2.22. The van der Waals surface area contributed by atoms with Gasteiger partial charge in [-0.1, -0.05) is 35.5 Å². The third-order valence-electron chi connectivity index (χ3n) is 3.21. The summed E-state index contributed by atoms with van der Waals surface area (Å²) >= 11 is 0. The van der Waals surface area contributed by atoms with Gasteiger partial charge >= 0.3 is 0 Å². The van der Waals surface area contributed by atoms with E-state index in [1.54, 1.807) is 0 Å². The van der Waals surface area contributed by atoms with Crippen molar-refractivity contribution in [1.82, 2.24) is 4.90 Å². The predicted molar refractivity (Wildman–Crippen MR) is 60.5 cm³/mol. The van der Waals surface area contributed by atoms with E-state index in [9.17, 15) is 4.91 Å². The second-order valence-corrected chi connectivity index (χ2v) is 4.16. The highest BCUT2D eigenvalue weighted by atomic mass is 16.3. The van der Waals surface area contributed by atoms with Gasteiger partial charge in [0.15, 0.2) is 0 Å². The minimum Gasteiger partial charge on any atom is -0.294 e. The summed E-state index contributed by atoms with van der Waals surface area (Å²) in [6.07, 6.45) is 0.900. The molecule has 1 aliphatic rings. The van der Waals surface area contributed by atoms with Crippen LogP contribution in [0.3, 0.4) is 0 Å². The van der Waals surface area contributed by atoms with Gasteiger partial charge in [0.1, 0.15) is 6.04 Å². The Balaban J connectivity index is 1.99. The molecule has 3 nitrogen and oxygen atoms in total. The molecule has 0 N–H and O–H groups in total. The fraction of sp³-hybridized carbons (Fsp3) is 0.500. The standard InChI is InChI=1S/C12H16N2O/c1-10-12(13-15)7-8-14(10)9-11-5-3-2-4-6-11/h2-6,10,12H,7-9H2,1H3.